The smallest absolute Gasteiger partial charge is 0.338 e. The molecule has 0 radical (unpaired) electrons. The number of benzene rings is 2. The van der Waals surface area contributed by atoms with E-state index in [2.05, 4.69) is 0 Å². The molecule has 0 aliphatic heterocycles. The van der Waals surface area contributed by atoms with Gasteiger partial charge < -0.3 is 18.6 Å². The van der Waals surface area contributed by atoms with E-state index in [1.54, 1.807) is 0 Å². The maximum absolute atomic E-state index is 13.1. The van der Waals surface area contributed by atoms with Crippen LogP contribution in [0.3, 0.4) is 0 Å². The van der Waals surface area contributed by atoms with Crippen LogP contribution < -0.4 is 9.47 Å². The third kappa shape index (κ3) is 2.88. The molecule has 0 saturated heterocycles. The maximum atomic E-state index is 13.1. The van der Waals surface area contributed by atoms with Crippen LogP contribution in [0.2, 0.25) is 0 Å². The SMILES string of the molecule is COC(=O)c1cc(OC)c(OC)c2oc(C(=O)c3ccc(F)cc3)cc12. The number of carbonyl (C=O) groups excluding carboxylic acids is 2. The van der Waals surface area contributed by atoms with E-state index in [9.17, 15) is 14.0 Å². The second-order valence-electron chi connectivity index (χ2n) is 5.34. The van der Waals surface area contributed by atoms with Crippen molar-refractivity contribution in [3.63, 3.8) is 0 Å². The number of furan rings is 1. The number of ketones is 1. The number of esters is 1. The summed E-state index contributed by atoms with van der Waals surface area (Å²) in [4.78, 5) is 24.7. The van der Waals surface area contributed by atoms with Gasteiger partial charge >= 0.3 is 5.97 Å². The van der Waals surface area contributed by atoms with Crippen molar-refractivity contribution >= 4 is 22.7 Å². The van der Waals surface area contributed by atoms with Crippen molar-refractivity contribution in [2.75, 3.05) is 21.3 Å². The van der Waals surface area contributed by atoms with Gasteiger partial charge in [0, 0.05) is 10.9 Å². The molecule has 1 aromatic heterocycles. The molecular weight excluding hydrogens is 343 g/mol. The molecule has 0 atom stereocenters. The molecular formula is C19H15FO6. The molecule has 0 spiro atoms. The molecule has 134 valence electrons. The van der Waals surface area contributed by atoms with Crippen molar-refractivity contribution < 1.29 is 32.6 Å². The average Bonchev–Trinajstić information content (AvgIpc) is 3.11. The van der Waals surface area contributed by atoms with Gasteiger partial charge in [-0.15, -0.1) is 0 Å². The second-order valence-corrected chi connectivity index (χ2v) is 5.34. The Labute approximate surface area is 148 Å². The minimum Gasteiger partial charge on any atom is -0.493 e. The van der Waals surface area contributed by atoms with Crippen LogP contribution in [0.1, 0.15) is 26.5 Å². The molecule has 26 heavy (non-hydrogen) atoms. The first-order valence-corrected chi connectivity index (χ1v) is 7.57. The van der Waals surface area contributed by atoms with Crippen LogP contribution >= 0.6 is 0 Å². The van der Waals surface area contributed by atoms with Crippen molar-refractivity contribution in [2.45, 2.75) is 0 Å². The van der Waals surface area contributed by atoms with Crippen LogP contribution in [0.5, 0.6) is 11.5 Å². The lowest BCUT2D eigenvalue weighted by atomic mass is 10.1. The summed E-state index contributed by atoms with van der Waals surface area (Å²) < 4.78 is 34.0. The molecule has 0 aliphatic rings. The molecule has 7 heteroatoms. The molecule has 3 aromatic rings. The minimum atomic E-state index is -0.613. The van der Waals surface area contributed by atoms with Crippen LogP contribution in [0.15, 0.2) is 40.8 Å². The van der Waals surface area contributed by atoms with Gasteiger partial charge in [0.2, 0.25) is 11.5 Å². The summed E-state index contributed by atoms with van der Waals surface area (Å²) in [5.74, 6) is -1.05. The predicted molar refractivity (Wildman–Crippen MR) is 90.5 cm³/mol. The normalized spacial score (nSPS) is 10.6. The lowest BCUT2D eigenvalue weighted by Crippen LogP contribution is -2.03. The van der Waals surface area contributed by atoms with Gasteiger partial charge in [-0.05, 0) is 36.4 Å². The van der Waals surface area contributed by atoms with E-state index in [0.717, 1.165) is 0 Å². The third-order valence-corrected chi connectivity index (χ3v) is 3.89. The molecule has 2 aromatic carbocycles. The second kappa shape index (κ2) is 6.87. The molecule has 0 fully saturated rings. The third-order valence-electron chi connectivity index (χ3n) is 3.89. The van der Waals surface area contributed by atoms with Gasteiger partial charge in [-0.1, -0.05) is 0 Å². The van der Waals surface area contributed by atoms with E-state index in [1.165, 1.54) is 57.7 Å². The van der Waals surface area contributed by atoms with Crippen molar-refractivity contribution in [1.29, 1.82) is 0 Å². The summed E-state index contributed by atoms with van der Waals surface area (Å²) in [5, 5.41) is 0.347. The topological polar surface area (TPSA) is 75.0 Å². The van der Waals surface area contributed by atoms with Crippen molar-refractivity contribution in [2.24, 2.45) is 0 Å². The summed E-state index contributed by atoms with van der Waals surface area (Å²) in [7, 11) is 4.08. The summed E-state index contributed by atoms with van der Waals surface area (Å²) in [6, 6.07) is 7.94. The first kappa shape index (κ1) is 17.5. The molecule has 6 nitrogen and oxygen atoms in total. The van der Waals surface area contributed by atoms with E-state index in [1.807, 2.05) is 0 Å². The number of halogens is 1. The monoisotopic (exact) mass is 358 g/mol. The molecule has 1 heterocycles. The first-order valence-electron chi connectivity index (χ1n) is 7.57. The van der Waals surface area contributed by atoms with Crippen LogP contribution in [0, 0.1) is 5.82 Å². The zero-order valence-corrected chi connectivity index (χ0v) is 14.3. The summed E-state index contributed by atoms with van der Waals surface area (Å²) in [6.07, 6.45) is 0. The van der Waals surface area contributed by atoms with Gasteiger partial charge in [-0.25, -0.2) is 9.18 Å². The van der Waals surface area contributed by atoms with Gasteiger partial charge in [0.15, 0.2) is 17.1 Å². The Morgan fingerprint density at radius 1 is 1.00 bits per heavy atom. The highest BCUT2D eigenvalue weighted by atomic mass is 19.1. The largest absolute Gasteiger partial charge is 0.493 e. The fourth-order valence-corrected chi connectivity index (χ4v) is 2.63. The van der Waals surface area contributed by atoms with Crippen molar-refractivity contribution in [3.05, 3.63) is 59.1 Å². The lowest BCUT2D eigenvalue weighted by Gasteiger charge is -2.10. The van der Waals surface area contributed by atoms with Crippen molar-refractivity contribution in [3.8, 4) is 11.5 Å². The van der Waals surface area contributed by atoms with Gasteiger partial charge in [-0.2, -0.15) is 0 Å². The lowest BCUT2D eigenvalue weighted by molar-refractivity contribution is 0.0602. The predicted octanol–water partition coefficient (Wildman–Crippen LogP) is 3.61. The molecule has 0 unspecified atom stereocenters. The van der Waals surface area contributed by atoms with E-state index in [0.29, 0.717) is 5.39 Å². The molecule has 0 aliphatic carbocycles. The van der Waals surface area contributed by atoms with E-state index in [-0.39, 0.29) is 34.0 Å². The fraction of sp³-hybridized carbons (Fsp3) is 0.158. The molecule has 0 bridgehead atoms. The Balaban J connectivity index is 2.21. The Bertz CT molecular complexity index is 987. The molecule has 0 N–H and O–H groups in total. The van der Waals surface area contributed by atoms with Gasteiger partial charge in [0.1, 0.15) is 5.82 Å². The summed E-state index contributed by atoms with van der Waals surface area (Å²) >= 11 is 0. The van der Waals surface area contributed by atoms with Crippen LogP contribution in [0.25, 0.3) is 11.0 Å². The average molecular weight is 358 g/mol. The zero-order chi connectivity index (χ0) is 18.8. The highest BCUT2D eigenvalue weighted by molar-refractivity contribution is 6.12. The molecule has 0 saturated carbocycles. The highest BCUT2D eigenvalue weighted by Gasteiger charge is 2.25. The quantitative estimate of drug-likeness (QED) is 0.512. The number of ether oxygens (including phenoxy) is 3. The Morgan fingerprint density at radius 3 is 2.27 bits per heavy atom. The van der Waals surface area contributed by atoms with Gasteiger partial charge in [-0.3, -0.25) is 4.79 Å². The number of methoxy groups -OCH3 is 3. The number of carbonyl (C=O) groups is 2. The summed E-state index contributed by atoms with van der Waals surface area (Å²) in [6.45, 7) is 0. The Kier molecular flexibility index (Phi) is 4.62. The van der Waals surface area contributed by atoms with Gasteiger partial charge in [0.25, 0.3) is 0 Å². The highest BCUT2D eigenvalue weighted by Crippen LogP contribution is 2.40. The van der Waals surface area contributed by atoms with Crippen LogP contribution in [0.4, 0.5) is 4.39 Å². The number of hydrogen-bond acceptors (Lipinski definition) is 6. The van der Waals surface area contributed by atoms with Gasteiger partial charge in [0.05, 0.1) is 26.9 Å². The maximum Gasteiger partial charge on any atom is 0.338 e. The number of fused-ring (bicyclic) bond motifs is 1. The van der Waals surface area contributed by atoms with E-state index in [4.69, 9.17) is 18.6 Å². The van der Waals surface area contributed by atoms with E-state index < -0.39 is 17.6 Å². The first-order chi connectivity index (χ1) is 12.5. The fourth-order valence-electron chi connectivity index (χ4n) is 2.63. The zero-order valence-electron chi connectivity index (χ0n) is 14.3. The Hall–Kier alpha value is -3.35. The summed E-state index contributed by atoms with van der Waals surface area (Å²) in [5.41, 5.74) is 0.593. The van der Waals surface area contributed by atoms with Crippen LogP contribution in [-0.4, -0.2) is 33.1 Å². The van der Waals surface area contributed by atoms with E-state index >= 15 is 0 Å². The molecule has 0 amide bonds. The number of hydrogen-bond donors (Lipinski definition) is 0. The standard InChI is InChI=1S/C19H15FO6/c1-23-15-9-13(19(22)25-3)12-8-14(26-17(12)18(15)24-2)16(21)10-4-6-11(20)7-5-10/h4-9H,1-3H3. The Morgan fingerprint density at radius 2 is 1.69 bits per heavy atom. The number of rotatable bonds is 5. The molecule has 3 rings (SSSR count). The van der Waals surface area contributed by atoms with Crippen LogP contribution in [-0.2, 0) is 4.74 Å². The minimum absolute atomic E-state index is 0.0247. The van der Waals surface area contributed by atoms with Crippen molar-refractivity contribution in [1.82, 2.24) is 0 Å².